The Morgan fingerprint density at radius 3 is 2.95 bits per heavy atom. The minimum atomic E-state index is 0.696. The van der Waals surface area contributed by atoms with E-state index in [1.165, 1.54) is 16.8 Å². The molecule has 3 rings (SSSR count). The van der Waals surface area contributed by atoms with Crippen molar-refractivity contribution < 1.29 is 4.74 Å². The number of rotatable bonds is 5. The molecule has 3 heteroatoms. The zero-order valence-corrected chi connectivity index (χ0v) is 12.5. The lowest BCUT2D eigenvalue weighted by atomic mass is 10.1. The molecule has 0 aromatic heterocycles. The lowest BCUT2D eigenvalue weighted by Gasteiger charge is -2.20. The molecule has 0 aliphatic carbocycles. The van der Waals surface area contributed by atoms with Crippen molar-refractivity contribution >= 4 is 11.4 Å². The van der Waals surface area contributed by atoms with E-state index in [0.29, 0.717) is 6.61 Å². The number of nitrogen functional groups attached to an aromatic ring is 1. The first-order valence-corrected chi connectivity index (χ1v) is 7.61. The van der Waals surface area contributed by atoms with Crippen molar-refractivity contribution in [2.24, 2.45) is 0 Å². The van der Waals surface area contributed by atoms with Crippen molar-refractivity contribution in [2.75, 3.05) is 30.3 Å². The molecule has 0 unspecified atom stereocenters. The van der Waals surface area contributed by atoms with Crippen molar-refractivity contribution in [3.05, 3.63) is 53.6 Å². The lowest BCUT2D eigenvalue weighted by Crippen LogP contribution is -2.26. The maximum atomic E-state index is 5.89. The van der Waals surface area contributed by atoms with Gasteiger partial charge in [0.1, 0.15) is 12.4 Å². The predicted octanol–water partition coefficient (Wildman–Crippen LogP) is 3.27. The Hall–Kier alpha value is -2.16. The van der Waals surface area contributed by atoms with E-state index in [0.717, 1.165) is 37.4 Å². The van der Waals surface area contributed by atoms with Crippen LogP contribution in [0, 0.1) is 0 Å². The number of hydrogen-bond donors (Lipinski definition) is 1. The van der Waals surface area contributed by atoms with Crippen LogP contribution in [-0.4, -0.2) is 19.7 Å². The fraction of sp³-hybridized carbons (Fsp3) is 0.333. The largest absolute Gasteiger partial charge is 0.492 e. The van der Waals surface area contributed by atoms with Gasteiger partial charge in [-0.05, 0) is 48.2 Å². The monoisotopic (exact) mass is 282 g/mol. The minimum absolute atomic E-state index is 0.696. The number of aryl methyl sites for hydroxylation is 1. The van der Waals surface area contributed by atoms with Crippen LogP contribution in [0.1, 0.15) is 18.1 Å². The van der Waals surface area contributed by atoms with Crippen LogP contribution in [0.15, 0.2) is 42.5 Å². The Morgan fingerprint density at radius 2 is 2.10 bits per heavy atom. The highest BCUT2D eigenvalue weighted by molar-refractivity contribution is 5.64. The van der Waals surface area contributed by atoms with Gasteiger partial charge in [-0.3, -0.25) is 0 Å². The van der Waals surface area contributed by atoms with Crippen molar-refractivity contribution in [3.8, 4) is 5.75 Å². The van der Waals surface area contributed by atoms with Gasteiger partial charge in [-0.2, -0.15) is 0 Å². The molecule has 0 atom stereocenters. The van der Waals surface area contributed by atoms with Gasteiger partial charge in [0.15, 0.2) is 0 Å². The van der Waals surface area contributed by atoms with Gasteiger partial charge in [-0.15, -0.1) is 0 Å². The Morgan fingerprint density at radius 1 is 1.19 bits per heavy atom. The second kappa shape index (κ2) is 6.08. The van der Waals surface area contributed by atoms with Crippen LogP contribution in [0.25, 0.3) is 0 Å². The van der Waals surface area contributed by atoms with Gasteiger partial charge in [0.25, 0.3) is 0 Å². The van der Waals surface area contributed by atoms with Gasteiger partial charge in [0.2, 0.25) is 0 Å². The maximum Gasteiger partial charge on any atom is 0.119 e. The highest BCUT2D eigenvalue weighted by Crippen LogP contribution is 2.29. The van der Waals surface area contributed by atoms with Crippen LogP contribution in [0.5, 0.6) is 5.75 Å². The van der Waals surface area contributed by atoms with Crippen LogP contribution >= 0.6 is 0 Å². The van der Waals surface area contributed by atoms with Crippen molar-refractivity contribution in [1.29, 1.82) is 0 Å². The molecule has 1 aliphatic heterocycles. The number of hydrogen-bond acceptors (Lipinski definition) is 3. The smallest absolute Gasteiger partial charge is 0.119 e. The molecule has 2 N–H and O–H groups in total. The number of anilines is 2. The fourth-order valence-electron chi connectivity index (χ4n) is 2.82. The molecule has 1 aliphatic rings. The van der Waals surface area contributed by atoms with Gasteiger partial charge in [0, 0.05) is 17.9 Å². The van der Waals surface area contributed by atoms with Gasteiger partial charge in [-0.25, -0.2) is 0 Å². The van der Waals surface area contributed by atoms with Crippen LogP contribution in [0.3, 0.4) is 0 Å². The maximum absolute atomic E-state index is 5.89. The quantitative estimate of drug-likeness (QED) is 0.855. The predicted molar refractivity (Wildman–Crippen MR) is 88.1 cm³/mol. The number of nitrogens with two attached hydrogens (primary N) is 1. The summed E-state index contributed by atoms with van der Waals surface area (Å²) >= 11 is 0. The first-order valence-electron chi connectivity index (χ1n) is 7.61. The van der Waals surface area contributed by atoms with E-state index in [1.54, 1.807) is 0 Å². The van der Waals surface area contributed by atoms with Gasteiger partial charge >= 0.3 is 0 Å². The highest BCUT2D eigenvalue weighted by Gasteiger charge is 2.18. The zero-order valence-electron chi connectivity index (χ0n) is 12.5. The van der Waals surface area contributed by atoms with Crippen LogP contribution < -0.4 is 15.4 Å². The third-order valence-electron chi connectivity index (χ3n) is 4.04. The van der Waals surface area contributed by atoms with E-state index in [-0.39, 0.29) is 0 Å². The number of fused-ring (bicyclic) bond motifs is 1. The summed E-state index contributed by atoms with van der Waals surface area (Å²) in [6.45, 7) is 4.80. The fourth-order valence-corrected chi connectivity index (χ4v) is 2.82. The molecule has 0 saturated heterocycles. The van der Waals surface area contributed by atoms with Gasteiger partial charge in [0.05, 0.1) is 6.54 Å². The van der Waals surface area contributed by atoms with Crippen molar-refractivity contribution in [2.45, 2.75) is 19.8 Å². The molecule has 0 amide bonds. The molecule has 0 saturated carbocycles. The molecule has 1 heterocycles. The molecule has 21 heavy (non-hydrogen) atoms. The second-order valence-electron chi connectivity index (χ2n) is 5.47. The van der Waals surface area contributed by atoms with Crippen LogP contribution in [-0.2, 0) is 12.8 Å². The van der Waals surface area contributed by atoms with E-state index in [9.17, 15) is 0 Å². The first kappa shape index (κ1) is 13.8. The average Bonchev–Trinajstić information content (AvgIpc) is 2.90. The lowest BCUT2D eigenvalue weighted by molar-refractivity contribution is 0.324. The third kappa shape index (κ3) is 3.13. The molecule has 0 radical (unpaired) electrons. The summed E-state index contributed by atoms with van der Waals surface area (Å²) in [5, 5.41) is 0. The molecule has 0 spiro atoms. The molecule has 0 fully saturated rings. The van der Waals surface area contributed by atoms with Crippen LogP contribution in [0.2, 0.25) is 0 Å². The summed E-state index contributed by atoms with van der Waals surface area (Å²) in [5.41, 5.74) is 10.7. The van der Waals surface area contributed by atoms with Crippen LogP contribution in [0.4, 0.5) is 11.4 Å². The summed E-state index contributed by atoms with van der Waals surface area (Å²) < 4.78 is 5.88. The number of nitrogens with zero attached hydrogens (tertiary/aromatic N) is 1. The van der Waals surface area contributed by atoms with E-state index >= 15 is 0 Å². The topological polar surface area (TPSA) is 38.5 Å². The summed E-state index contributed by atoms with van der Waals surface area (Å²) in [6, 6.07) is 14.5. The molecule has 110 valence electrons. The number of ether oxygens (including phenoxy) is 1. The summed E-state index contributed by atoms with van der Waals surface area (Å²) in [4.78, 5) is 2.36. The standard InChI is InChI=1S/C18H22N2O/c1-2-14-4-3-5-17(12-14)21-11-10-20-9-8-15-6-7-16(19)13-18(15)20/h3-7,12-13H,2,8-11,19H2,1H3. The van der Waals surface area contributed by atoms with Crippen molar-refractivity contribution in [3.63, 3.8) is 0 Å². The summed E-state index contributed by atoms with van der Waals surface area (Å²) in [6.07, 6.45) is 2.14. The third-order valence-corrected chi connectivity index (χ3v) is 4.04. The zero-order chi connectivity index (χ0) is 14.7. The molecular formula is C18H22N2O. The normalized spacial score (nSPS) is 13.3. The Balaban J connectivity index is 1.58. The molecule has 3 nitrogen and oxygen atoms in total. The van der Waals surface area contributed by atoms with Gasteiger partial charge < -0.3 is 15.4 Å². The SMILES string of the molecule is CCc1cccc(OCCN2CCc3ccc(N)cc32)c1. The highest BCUT2D eigenvalue weighted by atomic mass is 16.5. The molecule has 2 aromatic rings. The van der Waals surface area contributed by atoms with E-state index in [2.05, 4.69) is 42.2 Å². The first-order chi connectivity index (χ1) is 10.3. The Kier molecular flexibility index (Phi) is 4.00. The van der Waals surface area contributed by atoms with E-state index in [1.807, 2.05) is 12.1 Å². The molecule has 2 aromatic carbocycles. The average molecular weight is 282 g/mol. The van der Waals surface area contributed by atoms with Crippen molar-refractivity contribution in [1.82, 2.24) is 0 Å². The molecule has 0 bridgehead atoms. The minimum Gasteiger partial charge on any atom is -0.492 e. The summed E-state index contributed by atoms with van der Waals surface area (Å²) in [7, 11) is 0. The molecular weight excluding hydrogens is 260 g/mol. The summed E-state index contributed by atoms with van der Waals surface area (Å²) in [5.74, 6) is 0.960. The Labute approximate surface area is 126 Å². The van der Waals surface area contributed by atoms with E-state index in [4.69, 9.17) is 10.5 Å². The Bertz CT molecular complexity index is 624. The van der Waals surface area contributed by atoms with Gasteiger partial charge in [-0.1, -0.05) is 25.1 Å². The number of benzene rings is 2. The second-order valence-corrected chi connectivity index (χ2v) is 5.47. The van der Waals surface area contributed by atoms with E-state index < -0.39 is 0 Å².